The van der Waals surface area contributed by atoms with Crippen molar-refractivity contribution in [2.24, 2.45) is 5.92 Å². The van der Waals surface area contributed by atoms with Crippen molar-refractivity contribution in [1.82, 2.24) is 0 Å². The zero-order valence-electron chi connectivity index (χ0n) is 9.49. The molecule has 1 saturated heterocycles. The van der Waals surface area contributed by atoms with Crippen molar-refractivity contribution < 1.29 is 32.9 Å². The molecular formula is C10H15F3O4. The van der Waals surface area contributed by atoms with Crippen LogP contribution in [0.5, 0.6) is 0 Å². The fourth-order valence-electron chi connectivity index (χ4n) is 2.68. The van der Waals surface area contributed by atoms with Crippen LogP contribution in [0.2, 0.25) is 0 Å². The summed E-state index contributed by atoms with van der Waals surface area (Å²) < 4.78 is 49.4. The Morgan fingerprint density at radius 2 is 1.88 bits per heavy atom. The lowest BCUT2D eigenvalue weighted by Crippen LogP contribution is -2.58. The number of halogens is 3. The monoisotopic (exact) mass is 256 g/mol. The molecule has 0 aromatic heterocycles. The average Bonchev–Trinajstić information content (AvgIpc) is 2.58. The molecule has 4 atom stereocenters. The number of fused-ring (bicyclic) bond motifs is 1. The number of alkyl halides is 3. The van der Waals surface area contributed by atoms with Crippen LogP contribution in [0, 0.1) is 5.92 Å². The number of rotatable bonds is 1. The first-order chi connectivity index (χ1) is 7.62. The highest BCUT2D eigenvalue weighted by atomic mass is 19.4. The Labute approximate surface area is 96.3 Å². The van der Waals surface area contributed by atoms with E-state index in [1.165, 1.54) is 13.8 Å². The van der Waals surface area contributed by atoms with Gasteiger partial charge in [0.05, 0.1) is 6.10 Å². The van der Waals surface area contributed by atoms with E-state index in [2.05, 4.69) is 0 Å². The van der Waals surface area contributed by atoms with Crippen LogP contribution < -0.4 is 0 Å². The van der Waals surface area contributed by atoms with Gasteiger partial charge in [0, 0.05) is 12.5 Å². The summed E-state index contributed by atoms with van der Waals surface area (Å²) in [5, 5.41) is 18.9. The molecular weight excluding hydrogens is 241 g/mol. The topological polar surface area (TPSA) is 58.9 Å². The highest BCUT2D eigenvalue weighted by Gasteiger charge is 2.72. The van der Waals surface area contributed by atoms with E-state index in [-0.39, 0.29) is 6.42 Å². The lowest BCUT2D eigenvalue weighted by Gasteiger charge is -2.35. The van der Waals surface area contributed by atoms with E-state index in [1.54, 1.807) is 0 Å². The first-order valence-electron chi connectivity index (χ1n) is 5.37. The van der Waals surface area contributed by atoms with Crippen LogP contribution in [0.1, 0.15) is 20.3 Å². The Kier molecular flexibility index (Phi) is 2.74. The van der Waals surface area contributed by atoms with Gasteiger partial charge in [0.2, 0.25) is 0 Å². The molecule has 100 valence electrons. The Morgan fingerprint density at radius 1 is 1.29 bits per heavy atom. The molecule has 2 fully saturated rings. The second-order valence-corrected chi connectivity index (χ2v) is 5.03. The third-order valence-electron chi connectivity index (χ3n) is 3.43. The quantitative estimate of drug-likeness (QED) is 0.729. The second kappa shape index (κ2) is 3.57. The van der Waals surface area contributed by atoms with Crippen molar-refractivity contribution in [1.29, 1.82) is 0 Å². The first kappa shape index (κ1) is 13.1. The molecule has 4 nitrogen and oxygen atoms in total. The molecule has 0 amide bonds. The van der Waals surface area contributed by atoms with E-state index >= 15 is 0 Å². The Morgan fingerprint density at radius 3 is 2.35 bits per heavy atom. The minimum atomic E-state index is -4.86. The summed E-state index contributed by atoms with van der Waals surface area (Å²) >= 11 is 0. The SMILES string of the molecule is CC1(C)O[C@H]2C[C@H](CO)[C@](O)(C(F)(F)F)[C@H]2O1. The fourth-order valence-corrected chi connectivity index (χ4v) is 2.68. The third kappa shape index (κ3) is 1.76. The van der Waals surface area contributed by atoms with Gasteiger partial charge in [0.25, 0.3) is 0 Å². The van der Waals surface area contributed by atoms with Crippen LogP contribution in [-0.2, 0) is 9.47 Å². The minimum Gasteiger partial charge on any atom is -0.396 e. The van der Waals surface area contributed by atoms with Gasteiger partial charge >= 0.3 is 6.18 Å². The molecule has 2 N–H and O–H groups in total. The molecule has 2 rings (SSSR count). The molecule has 1 aliphatic heterocycles. The maximum absolute atomic E-state index is 13.0. The lowest BCUT2D eigenvalue weighted by molar-refractivity contribution is -0.311. The molecule has 0 bridgehead atoms. The molecule has 0 aromatic rings. The van der Waals surface area contributed by atoms with E-state index in [9.17, 15) is 18.3 Å². The summed E-state index contributed by atoms with van der Waals surface area (Å²) in [6, 6.07) is 0. The number of ether oxygens (including phenoxy) is 2. The van der Waals surface area contributed by atoms with E-state index in [4.69, 9.17) is 14.6 Å². The molecule has 7 heteroatoms. The Bertz CT molecular complexity index is 317. The summed E-state index contributed by atoms with van der Waals surface area (Å²) in [6.07, 6.45) is -7.24. The van der Waals surface area contributed by atoms with Crippen LogP contribution in [0.15, 0.2) is 0 Å². The largest absolute Gasteiger partial charge is 0.420 e. The van der Waals surface area contributed by atoms with Gasteiger partial charge in [-0.1, -0.05) is 0 Å². The predicted octanol–water partition coefficient (Wildman–Crippen LogP) is 0.812. The molecule has 0 spiro atoms. The normalized spacial score (nSPS) is 45.0. The minimum absolute atomic E-state index is 0.0688. The summed E-state index contributed by atoms with van der Waals surface area (Å²) in [6.45, 7) is 2.24. The molecule has 0 unspecified atom stereocenters. The molecule has 1 saturated carbocycles. The molecule has 17 heavy (non-hydrogen) atoms. The van der Waals surface area contributed by atoms with Crippen molar-refractivity contribution >= 4 is 0 Å². The fraction of sp³-hybridized carbons (Fsp3) is 1.00. The number of aliphatic hydroxyl groups is 2. The van der Waals surface area contributed by atoms with E-state index < -0.39 is 42.3 Å². The van der Waals surface area contributed by atoms with Crippen LogP contribution in [-0.4, -0.2) is 46.6 Å². The summed E-state index contributed by atoms with van der Waals surface area (Å²) in [4.78, 5) is 0. The zero-order chi connectivity index (χ0) is 13.1. The summed E-state index contributed by atoms with van der Waals surface area (Å²) in [7, 11) is 0. The highest BCUT2D eigenvalue weighted by Crippen LogP contribution is 2.53. The van der Waals surface area contributed by atoms with Crippen molar-refractivity contribution in [2.45, 2.75) is 50.0 Å². The van der Waals surface area contributed by atoms with Crippen LogP contribution in [0.4, 0.5) is 13.2 Å². The van der Waals surface area contributed by atoms with Crippen molar-refractivity contribution in [3.8, 4) is 0 Å². The van der Waals surface area contributed by atoms with Crippen molar-refractivity contribution in [3.05, 3.63) is 0 Å². The van der Waals surface area contributed by atoms with E-state index in [1.807, 2.05) is 0 Å². The summed E-state index contributed by atoms with van der Waals surface area (Å²) in [5.74, 6) is -2.46. The van der Waals surface area contributed by atoms with Gasteiger partial charge in [-0.3, -0.25) is 0 Å². The molecule has 1 heterocycles. The van der Waals surface area contributed by atoms with E-state index in [0.717, 1.165) is 0 Å². The van der Waals surface area contributed by atoms with Gasteiger partial charge in [-0.2, -0.15) is 13.2 Å². The average molecular weight is 256 g/mol. The van der Waals surface area contributed by atoms with Gasteiger partial charge in [0.1, 0.15) is 6.10 Å². The third-order valence-corrected chi connectivity index (χ3v) is 3.43. The van der Waals surface area contributed by atoms with Crippen LogP contribution in [0.3, 0.4) is 0 Å². The second-order valence-electron chi connectivity index (χ2n) is 5.03. The van der Waals surface area contributed by atoms with E-state index in [0.29, 0.717) is 0 Å². The Balaban J connectivity index is 2.35. The molecule has 2 aliphatic rings. The lowest BCUT2D eigenvalue weighted by atomic mass is 9.89. The first-order valence-corrected chi connectivity index (χ1v) is 5.37. The van der Waals surface area contributed by atoms with Crippen molar-refractivity contribution in [3.63, 3.8) is 0 Å². The van der Waals surface area contributed by atoms with Gasteiger partial charge in [-0.25, -0.2) is 0 Å². The molecule has 0 aromatic carbocycles. The van der Waals surface area contributed by atoms with Gasteiger partial charge in [0.15, 0.2) is 11.4 Å². The van der Waals surface area contributed by atoms with Gasteiger partial charge < -0.3 is 19.7 Å². The highest BCUT2D eigenvalue weighted by molar-refractivity contribution is 5.11. The number of hydrogen-bond donors (Lipinski definition) is 2. The van der Waals surface area contributed by atoms with Gasteiger partial charge in [-0.05, 0) is 20.3 Å². The van der Waals surface area contributed by atoms with Crippen LogP contribution in [0.25, 0.3) is 0 Å². The van der Waals surface area contributed by atoms with Crippen LogP contribution >= 0.6 is 0 Å². The van der Waals surface area contributed by atoms with Gasteiger partial charge in [-0.15, -0.1) is 0 Å². The van der Waals surface area contributed by atoms with Crippen molar-refractivity contribution in [2.75, 3.05) is 6.61 Å². The Hall–Kier alpha value is -0.370. The maximum atomic E-state index is 13.0. The predicted molar refractivity (Wildman–Crippen MR) is 50.0 cm³/mol. The maximum Gasteiger partial charge on any atom is 0.420 e. The standard InChI is InChI=1S/C10H15F3O4/c1-8(2)16-6-3-5(4-14)9(15,7(6)17-8)10(11,12)13/h5-7,14-15H,3-4H2,1-2H3/t5-,6+,7+,9-/m1/s1. The number of hydrogen-bond acceptors (Lipinski definition) is 4. The summed E-state index contributed by atoms with van der Waals surface area (Å²) in [5.41, 5.74) is -3.04. The zero-order valence-corrected chi connectivity index (χ0v) is 9.49. The smallest absolute Gasteiger partial charge is 0.396 e. The molecule has 1 aliphatic carbocycles. The number of aliphatic hydroxyl groups excluding tert-OH is 1. The molecule has 0 radical (unpaired) electrons.